The molecule has 100 valence electrons. The summed E-state index contributed by atoms with van der Waals surface area (Å²) in [6.07, 6.45) is 1.90. The number of hydrogen-bond donors (Lipinski definition) is 1. The van der Waals surface area contributed by atoms with Gasteiger partial charge in [-0.15, -0.1) is 0 Å². The molecule has 3 heteroatoms. The molecule has 0 atom stereocenters. The Morgan fingerprint density at radius 3 is 2.84 bits per heavy atom. The minimum absolute atomic E-state index is 0.575. The monoisotopic (exact) mass is 255 g/mol. The van der Waals surface area contributed by atoms with Crippen molar-refractivity contribution in [3.8, 4) is 0 Å². The average molecular weight is 255 g/mol. The predicted octanol–water partition coefficient (Wildman–Crippen LogP) is 2.87. The van der Waals surface area contributed by atoms with E-state index in [0.717, 1.165) is 24.7 Å². The molecule has 0 unspecified atom stereocenters. The molecule has 3 nitrogen and oxygen atoms in total. The summed E-state index contributed by atoms with van der Waals surface area (Å²) in [5.41, 5.74) is 7.90. The van der Waals surface area contributed by atoms with Gasteiger partial charge in [-0.3, -0.25) is 4.98 Å². The van der Waals surface area contributed by atoms with Crippen LogP contribution in [0.3, 0.4) is 0 Å². The number of nitrogens with two attached hydrogens (primary N) is 1. The number of rotatable bonds is 3. The summed E-state index contributed by atoms with van der Waals surface area (Å²) in [4.78, 5) is 7.11. The minimum Gasteiger partial charge on any atom is -0.399 e. The van der Waals surface area contributed by atoms with Gasteiger partial charge in [0.05, 0.1) is 5.69 Å². The van der Waals surface area contributed by atoms with Gasteiger partial charge in [0, 0.05) is 42.8 Å². The molecule has 2 heterocycles. The quantitative estimate of drug-likeness (QED) is 0.858. The van der Waals surface area contributed by atoms with Crippen LogP contribution in [-0.4, -0.2) is 29.5 Å². The van der Waals surface area contributed by atoms with Crippen LogP contribution in [0, 0.1) is 5.92 Å². The maximum absolute atomic E-state index is 5.84. The number of pyridine rings is 1. The highest BCUT2D eigenvalue weighted by atomic mass is 15.2. The lowest BCUT2D eigenvalue weighted by atomic mass is 9.91. The van der Waals surface area contributed by atoms with Crippen LogP contribution in [0.4, 0.5) is 5.69 Å². The molecule has 19 heavy (non-hydrogen) atoms. The van der Waals surface area contributed by atoms with Gasteiger partial charge in [-0.25, -0.2) is 0 Å². The van der Waals surface area contributed by atoms with Crippen LogP contribution in [0.2, 0.25) is 0 Å². The molecule has 1 fully saturated rings. The zero-order valence-corrected chi connectivity index (χ0v) is 11.6. The van der Waals surface area contributed by atoms with E-state index in [1.165, 1.54) is 23.0 Å². The molecule has 2 aromatic rings. The van der Waals surface area contributed by atoms with Crippen molar-refractivity contribution >= 4 is 16.5 Å². The fraction of sp³-hybridized carbons (Fsp3) is 0.438. The van der Waals surface area contributed by atoms with Crippen molar-refractivity contribution in [2.24, 2.45) is 5.92 Å². The summed E-state index contributed by atoms with van der Waals surface area (Å²) < 4.78 is 0. The van der Waals surface area contributed by atoms with E-state index in [9.17, 15) is 0 Å². The largest absolute Gasteiger partial charge is 0.399 e. The van der Waals surface area contributed by atoms with E-state index < -0.39 is 0 Å². The Labute approximate surface area is 114 Å². The predicted molar refractivity (Wildman–Crippen MR) is 80.2 cm³/mol. The lowest BCUT2D eigenvalue weighted by molar-refractivity contribution is 0.130. The molecule has 0 radical (unpaired) electrons. The first-order valence-corrected chi connectivity index (χ1v) is 7.00. The van der Waals surface area contributed by atoms with Gasteiger partial charge in [-0.2, -0.15) is 0 Å². The van der Waals surface area contributed by atoms with Crippen LogP contribution >= 0.6 is 0 Å². The second-order valence-electron chi connectivity index (χ2n) is 5.99. The smallest absolute Gasteiger partial charge is 0.0538 e. The topological polar surface area (TPSA) is 42.2 Å². The Bertz CT molecular complexity index is 586. The third-order valence-electron chi connectivity index (χ3n) is 3.79. The van der Waals surface area contributed by atoms with E-state index in [-0.39, 0.29) is 0 Å². The van der Waals surface area contributed by atoms with Gasteiger partial charge in [0.2, 0.25) is 0 Å². The highest BCUT2D eigenvalue weighted by Gasteiger charge is 2.30. The summed E-state index contributed by atoms with van der Waals surface area (Å²) >= 11 is 0. The number of fused-ring (bicyclic) bond motifs is 1. The zero-order chi connectivity index (χ0) is 13.4. The average Bonchev–Trinajstić information content (AvgIpc) is 2.32. The maximum atomic E-state index is 5.84. The van der Waals surface area contributed by atoms with Crippen LogP contribution < -0.4 is 5.73 Å². The van der Waals surface area contributed by atoms with E-state index in [4.69, 9.17) is 5.73 Å². The van der Waals surface area contributed by atoms with Crippen LogP contribution in [-0.2, 0) is 0 Å². The van der Waals surface area contributed by atoms with Gasteiger partial charge < -0.3 is 10.6 Å². The van der Waals surface area contributed by atoms with Gasteiger partial charge in [0.1, 0.15) is 0 Å². The molecule has 1 aromatic heterocycles. The molecule has 1 aliphatic heterocycles. The van der Waals surface area contributed by atoms with Crippen LogP contribution in [0.5, 0.6) is 0 Å². The second-order valence-corrected chi connectivity index (χ2v) is 5.99. The van der Waals surface area contributed by atoms with E-state index >= 15 is 0 Å². The maximum Gasteiger partial charge on any atom is 0.0538 e. The second kappa shape index (κ2) is 4.82. The van der Waals surface area contributed by atoms with E-state index in [0.29, 0.717) is 5.92 Å². The Morgan fingerprint density at radius 1 is 1.32 bits per heavy atom. The van der Waals surface area contributed by atoms with Crippen molar-refractivity contribution < 1.29 is 0 Å². The van der Waals surface area contributed by atoms with Gasteiger partial charge in [0.15, 0.2) is 0 Å². The number of likely N-dealkylation sites (tertiary alicyclic amines) is 1. The zero-order valence-electron chi connectivity index (χ0n) is 11.6. The summed E-state index contributed by atoms with van der Waals surface area (Å²) in [6.45, 7) is 8.00. The first-order chi connectivity index (χ1) is 9.13. The molecule has 1 aliphatic rings. The lowest BCUT2D eigenvalue weighted by Gasteiger charge is -2.40. The molecular weight excluding hydrogens is 234 g/mol. The molecule has 0 saturated carbocycles. The Morgan fingerprint density at radius 2 is 2.11 bits per heavy atom. The molecule has 1 aromatic carbocycles. The van der Waals surface area contributed by atoms with Crippen LogP contribution in [0.25, 0.3) is 10.8 Å². The fourth-order valence-corrected chi connectivity index (χ4v) is 2.95. The molecule has 0 aliphatic carbocycles. The fourth-order valence-electron chi connectivity index (χ4n) is 2.95. The van der Waals surface area contributed by atoms with Crippen molar-refractivity contribution in [3.63, 3.8) is 0 Å². The lowest BCUT2D eigenvalue weighted by Crippen LogP contribution is -2.46. The molecule has 0 bridgehead atoms. The highest BCUT2D eigenvalue weighted by molar-refractivity contribution is 5.87. The van der Waals surface area contributed by atoms with E-state index in [1.807, 2.05) is 24.4 Å². The molecular formula is C16H21N3. The van der Waals surface area contributed by atoms with Gasteiger partial charge in [-0.05, 0) is 29.5 Å². The summed E-state index contributed by atoms with van der Waals surface area (Å²) in [5, 5.41) is 2.46. The van der Waals surface area contributed by atoms with E-state index in [1.54, 1.807) is 0 Å². The van der Waals surface area contributed by atoms with Crippen LogP contribution in [0.1, 0.15) is 25.5 Å². The standard InChI is InChI=1S/C16H21N3/c1-11(2)8-19-9-13(10-19)16-15-4-3-14(17)7-12(15)5-6-18-16/h3-7,11,13H,8-10,17H2,1-2H3. The third-order valence-corrected chi connectivity index (χ3v) is 3.79. The Kier molecular flexibility index (Phi) is 3.15. The number of aromatic nitrogens is 1. The summed E-state index contributed by atoms with van der Waals surface area (Å²) in [7, 11) is 0. The van der Waals surface area contributed by atoms with Gasteiger partial charge in [-0.1, -0.05) is 19.9 Å². The SMILES string of the molecule is CC(C)CN1CC(c2nccc3cc(N)ccc23)C1. The van der Waals surface area contributed by atoms with Gasteiger partial charge in [0.25, 0.3) is 0 Å². The number of nitrogens with zero attached hydrogens (tertiary/aromatic N) is 2. The summed E-state index contributed by atoms with van der Waals surface area (Å²) in [6, 6.07) is 8.15. The van der Waals surface area contributed by atoms with Crippen molar-refractivity contribution in [2.75, 3.05) is 25.4 Å². The Hall–Kier alpha value is -1.61. The van der Waals surface area contributed by atoms with Crippen molar-refractivity contribution in [1.29, 1.82) is 0 Å². The normalized spacial score (nSPS) is 17.0. The molecule has 0 spiro atoms. The van der Waals surface area contributed by atoms with Crippen LogP contribution in [0.15, 0.2) is 30.5 Å². The third kappa shape index (κ3) is 2.43. The van der Waals surface area contributed by atoms with Crippen molar-refractivity contribution in [3.05, 3.63) is 36.2 Å². The van der Waals surface area contributed by atoms with E-state index in [2.05, 4.69) is 29.8 Å². The first-order valence-electron chi connectivity index (χ1n) is 7.00. The van der Waals surface area contributed by atoms with Crippen molar-refractivity contribution in [2.45, 2.75) is 19.8 Å². The molecule has 0 amide bonds. The highest BCUT2D eigenvalue weighted by Crippen LogP contribution is 2.31. The molecule has 1 saturated heterocycles. The number of benzene rings is 1. The number of nitrogen functional groups attached to an aromatic ring is 1. The number of hydrogen-bond acceptors (Lipinski definition) is 3. The first kappa shape index (κ1) is 12.4. The molecule has 3 rings (SSSR count). The number of anilines is 1. The summed E-state index contributed by atoms with van der Waals surface area (Å²) in [5.74, 6) is 1.31. The van der Waals surface area contributed by atoms with Crippen molar-refractivity contribution in [1.82, 2.24) is 9.88 Å². The minimum atomic E-state index is 0.575. The molecule has 2 N–H and O–H groups in total. The Balaban J connectivity index is 1.83. The van der Waals surface area contributed by atoms with Gasteiger partial charge >= 0.3 is 0 Å².